The normalized spacial score (nSPS) is 10.5. The Morgan fingerprint density at radius 2 is 1.18 bits per heavy atom. The smallest absolute Gasteiger partial charge is 0.119 e. The molecule has 138 valence electrons. The summed E-state index contributed by atoms with van der Waals surface area (Å²) in [6.07, 6.45) is 1.83. The van der Waals surface area contributed by atoms with Gasteiger partial charge in [0.2, 0.25) is 0 Å². The molecule has 0 aliphatic heterocycles. The summed E-state index contributed by atoms with van der Waals surface area (Å²) in [5, 5.41) is 0. The van der Waals surface area contributed by atoms with E-state index in [4.69, 9.17) is 9.47 Å². The van der Waals surface area contributed by atoms with Gasteiger partial charge in [-0.05, 0) is 58.7 Å². The molecule has 0 radical (unpaired) electrons. The largest absolute Gasteiger partial charge is 0.497 e. The molecule has 4 rings (SSSR count). The predicted octanol–water partition coefficient (Wildman–Crippen LogP) is 6.10. The van der Waals surface area contributed by atoms with Crippen molar-refractivity contribution in [2.75, 3.05) is 14.2 Å². The lowest BCUT2D eigenvalue weighted by atomic mass is 9.89. The van der Waals surface area contributed by atoms with E-state index in [9.17, 15) is 0 Å². The fourth-order valence-electron chi connectivity index (χ4n) is 3.40. The Balaban J connectivity index is 1.99. The Morgan fingerprint density at radius 1 is 0.607 bits per heavy atom. The molecule has 0 aliphatic rings. The van der Waals surface area contributed by atoms with Crippen LogP contribution in [-0.2, 0) is 0 Å². The molecular weight excluding hydrogens is 346 g/mol. The number of aromatic nitrogens is 1. The number of hydrogen-bond donors (Lipinski definition) is 0. The monoisotopic (exact) mass is 367 g/mol. The summed E-state index contributed by atoms with van der Waals surface area (Å²) < 4.78 is 10.9. The van der Waals surface area contributed by atoms with Gasteiger partial charge >= 0.3 is 0 Å². The van der Waals surface area contributed by atoms with Gasteiger partial charge in [0, 0.05) is 11.8 Å². The fourth-order valence-corrected chi connectivity index (χ4v) is 3.40. The third-order valence-electron chi connectivity index (χ3n) is 4.75. The van der Waals surface area contributed by atoms with Crippen molar-refractivity contribution in [2.45, 2.75) is 0 Å². The van der Waals surface area contributed by atoms with E-state index < -0.39 is 0 Å². The van der Waals surface area contributed by atoms with E-state index in [1.807, 2.05) is 48.7 Å². The molecule has 0 atom stereocenters. The molecule has 4 aromatic rings. The van der Waals surface area contributed by atoms with E-state index in [-0.39, 0.29) is 0 Å². The minimum atomic E-state index is 0.830. The standard InChI is InChI=1S/C25H21NO2/c1-27-20-10-5-8-18(16-20)22-12-7-13-23(19-9-6-11-21(17-19)28-2)25(22)24-14-3-4-15-26-24/h3-17H,1-2H3. The average molecular weight is 367 g/mol. The molecule has 3 aromatic carbocycles. The van der Waals surface area contributed by atoms with E-state index in [1.165, 1.54) is 0 Å². The highest BCUT2D eigenvalue weighted by Crippen LogP contribution is 2.40. The van der Waals surface area contributed by atoms with Gasteiger partial charge in [-0.15, -0.1) is 0 Å². The number of nitrogens with zero attached hydrogens (tertiary/aromatic N) is 1. The zero-order valence-corrected chi connectivity index (χ0v) is 15.9. The van der Waals surface area contributed by atoms with Crippen LogP contribution in [0, 0.1) is 0 Å². The maximum atomic E-state index is 5.43. The molecule has 0 saturated carbocycles. The Kier molecular flexibility index (Phi) is 5.07. The Morgan fingerprint density at radius 3 is 1.68 bits per heavy atom. The fraction of sp³-hybridized carbons (Fsp3) is 0.0800. The second kappa shape index (κ2) is 7.97. The third kappa shape index (κ3) is 3.47. The van der Waals surface area contributed by atoms with Gasteiger partial charge in [0.1, 0.15) is 11.5 Å². The van der Waals surface area contributed by atoms with Crippen LogP contribution in [0.1, 0.15) is 0 Å². The summed E-state index contributed by atoms with van der Waals surface area (Å²) in [4.78, 5) is 4.64. The van der Waals surface area contributed by atoms with Crippen LogP contribution in [0.5, 0.6) is 11.5 Å². The van der Waals surface area contributed by atoms with Crippen molar-refractivity contribution in [1.29, 1.82) is 0 Å². The zero-order valence-electron chi connectivity index (χ0n) is 15.9. The maximum Gasteiger partial charge on any atom is 0.119 e. The first kappa shape index (κ1) is 17.8. The molecule has 3 nitrogen and oxygen atoms in total. The van der Waals surface area contributed by atoms with Gasteiger partial charge in [-0.2, -0.15) is 0 Å². The SMILES string of the molecule is COc1cccc(-c2cccc(-c3cccc(OC)c3)c2-c2ccccn2)c1. The highest BCUT2D eigenvalue weighted by atomic mass is 16.5. The number of pyridine rings is 1. The van der Waals surface area contributed by atoms with Gasteiger partial charge in [0.25, 0.3) is 0 Å². The van der Waals surface area contributed by atoms with Crippen LogP contribution in [0.3, 0.4) is 0 Å². The first-order valence-corrected chi connectivity index (χ1v) is 9.13. The summed E-state index contributed by atoms with van der Waals surface area (Å²) in [7, 11) is 3.37. The van der Waals surface area contributed by atoms with Gasteiger partial charge in [0.05, 0.1) is 19.9 Å². The topological polar surface area (TPSA) is 31.4 Å². The second-order valence-corrected chi connectivity index (χ2v) is 6.41. The molecule has 1 heterocycles. The highest BCUT2D eigenvalue weighted by molar-refractivity contribution is 5.93. The van der Waals surface area contributed by atoms with Gasteiger partial charge in [-0.1, -0.05) is 48.5 Å². The van der Waals surface area contributed by atoms with E-state index in [0.29, 0.717) is 0 Å². The molecule has 0 saturated heterocycles. The molecule has 0 unspecified atom stereocenters. The number of hydrogen-bond acceptors (Lipinski definition) is 3. The van der Waals surface area contributed by atoms with Crippen molar-refractivity contribution in [2.24, 2.45) is 0 Å². The molecular formula is C25H21NO2. The number of methoxy groups -OCH3 is 2. The number of ether oxygens (including phenoxy) is 2. The second-order valence-electron chi connectivity index (χ2n) is 6.41. The van der Waals surface area contributed by atoms with Crippen LogP contribution in [0.2, 0.25) is 0 Å². The average Bonchev–Trinajstić information content (AvgIpc) is 2.79. The molecule has 3 heteroatoms. The number of rotatable bonds is 5. The van der Waals surface area contributed by atoms with Crippen molar-refractivity contribution >= 4 is 0 Å². The molecule has 0 fully saturated rings. The van der Waals surface area contributed by atoms with Crippen LogP contribution in [-0.4, -0.2) is 19.2 Å². The predicted molar refractivity (Wildman–Crippen MR) is 114 cm³/mol. The van der Waals surface area contributed by atoms with Gasteiger partial charge in [0.15, 0.2) is 0 Å². The first-order chi connectivity index (χ1) is 13.8. The minimum absolute atomic E-state index is 0.830. The summed E-state index contributed by atoms with van der Waals surface area (Å²) in [5.41, 5.74) is 6.41. The van der Waals surface area contributed by atoms with Gasteiger partial charge in [-0.25, -0.2) is 0 Å². The van der Waals surface area contributed by atoms with E-state index in [1.54, 1.807) is 14.2 Å². The van der Waals surface area contributed by atoms with Crippen molar-refractivity contribution in [1.82, 2.24) is 4.98 Å². The van der Waals surface area contributed by atoms with Crippen LogP contribution in [0.25, 0.3) is 33.5 Å². The number of benzene rings is 3. The van der Waals surface area contributed by atoms with Crippen LogP contribution >= 0.6 is 0 Å². The summed E-state index contributed by atoms with van der Waals surface area (Å²) >= 11 is 0. The highest BCUT2D eigenvalue weighted by Gasteiger charge is 2.15. The van der Waals surface area contributed by atoms with Crippen molar-refractivity contribution < 1.29 is 9.47 Å². The Hall–Kier alpha value is -3.59. The van der Waals surface area contributed by atoms with Crippen LogP contribution in [0.15, 0.2) is 91.1 Å². The quantitative estimate of drug-likeness (QED) is 0.427. The van der Waals surface area contributed by atoms with Crippen molar-refractivity contribution in [3.05, 3.63) is 91.1 Å². The lowest BCUT2D eigenvalue weighted by Gasteiger charge is -2.16. The van der Waals surface area contributed by atoms with Gasteiger partial charge < -0.3 is 9.47 Å². The molecule has 28 heavy (non-hydrogen) atoms. The minimum Gasteiger partial charge on any atom is -0.497 e. The molecule has 1 aromatic heterocycles. The molecule has 0 bridgehead atoms. The molecule has 0 amide bonds. The van der Waals surface area contributed by atoms with Gasteiger partial charge in [-0.3, -0.25) is 4.98 Å². The molecule has 0 spiro atoms. The van der Waals surface area contributed by atoms with E-state index >= 15 is 0 Å². The zero-order chi connectivity index (χ0) is 19.3. The maximum absolute atomic E-state index is 5.43. The summed E-state index contributed by atoms with van der Waals surface area (Å²) in [6, 6.07) is 28.6. The Bertz CT molecular complexity index is 1020. The first-order valence-electron chi connectivity index (χ1n) is 9.13. The molecule has 0 aliphatic carbocycles. The summed E-state index contributed by atoms with van der Waals surface area (Å²) in [5.74, 6) is 1.66. The van der Waals surface area contributed by atoms with Crippen LogP contribution in [0.4, 0.5) is 0 Å². The summed E-state index contributed by atoms with van der Waals surface area (Å²) in [6.45, 7) is 0. The van der Waals surface area contributed by atoms with Crippen LogP contribution < -0.4 is 9.47 Å². The molecule has 0 N–H and O–H groups in total. The van der Waals surface area contributed by atoms with Crippen molar-refractivity contribution in [3.63, 3.8) is 0 Å². The van der Waals surface area contributed by atoms with E-state index in [0.717, 1.165) is 45.0 Å². The Labute approximate surface area is 165 Å². The third-order valence-corrected chi connectivity index (χ3v) is 4.75. The lowest BCUT2D eigenvalue weighted by Crippen LogP contribution is -1.93. The van der Waals surface area contributed by atoms with Crippen molar-refractivity contribution in [3.8, 4) is 45.0 Å². The van der Waals surface area contributed by atoms with E-state index in [2.05, 4.69) is 47.4 Å². The lowest BCUT2D eigenvalue weighted by molar-refractivity contribution is 0.415.